The normalized spacial score (nSPS) is 11.9. The van der Waals surface area contributed by atoms with Gasteiger partial charge in [-0.25, -0.2) is 9.78 Å². The largest absolute Gasteiger partial charge is 0.478 e. The first-order valence-corrected chi connectivity index (χ1v) is 5.60. The molecular formula is C11H15N3O5. The van der Waals surface area contributed by atoms with Crippen LogP contribution in [0.15, 0.2) is 12.3 Å². The number of aliphatic hydroxyl groups is 1. The molecule has 19 heavy (non-hydrogen) atoms. The number of rotatable bonds is 6. The highest BCUT2D eigenvalue weighted by Crippen LogP contribution is 2.22. The van der Waals surface area contributed by atoms with Crippen molar-refractivity contribution in [2.75, 3.05) is 18.5 Å². The summed E-state index contributed by atoms with van der Waals surface area (Å²) >= 11 is 0. The molecular weight excluding hydrogens is 254 g/mol. The minimum atomic E-state index is -1.28. The van der Waals surface area contributed by atoms with E-state index in [4.69, 9.17) is 5.11 Å². The Labute approximate surface area is 109 Å². The van der Waals surface area contributed by atoms with Gasteiger partial charge >= 0.3 is 5.97 Å². The SMILES string of the molecule is CC(O)CCN(C)c1ncc([N+](=O)[O-])cc1C(=O)O. The lowest BCUT2D eigenvalue weighted by atomic mass is 10.2. The van der Waals surface area contributed by atoms with Crippen LogP contribution >= 0.6 is 0 Å². The summed E-state index contributed by atoms with van der Waals surface area (Å²) in [6.45, 7) is 2.01. The van der Waals surface area contributed by atoms with E-state index in [2.05, 4.69) is 4.98 Å². The fourth-order valence-electron chi connectivity index (χ4n) is 1.49. The van der Waals surface area contributed by atoms with Crippen molar-refractivity contribution in [3.05, 3.63) is 27.9 Å². The molecule has 0 bridgehead atoms. The maximum Gasteiger partial charge on any atom is 0.339 e. The molecule has 1 atom stereocenters. The van der Waals surface area contributed by atoms with Gasteiger partial charge in [-0.2, -0.15) is 0 Å². The van der Waals surface area contributed by atoms with E-state index in [0.29, 0.717) is 13.0 Å². The third-order valence-electron chi connectivity index (χ3n) is 2.54. The summed E-state index contributed by atoms with van der Waals surface area (Å²) in [4.78, 5) is 26.4. The minimum absolute atomic E-state index is 0.138. The van der Waals surface area contributed by atoms with Crippen molar-refractivity contribution in [1.29, 1.82) is 0 Å². The van der Waals surface area contributed by atoms with Crippen LogP contribution in [0, 0.1) is 10.1 Å². The highest BCUT2D eigenvalue weighted by Gasteiger charge is 2.20. The van der Waals surface area contributed by atoms with Crippen LogP contribution in [0.5, 0.6) is 0 Å². The molecule has 0 spiro atoms. The van der Waals surface area contributed by atoms with Gasteiger partial charge in [0.2, 0.25) is 0 Å². The molecule has 1 aromatic heterocycles. The highest BCUT2D eigenvalue weighted by atomic mass is 16.6. The lowest BCUT2D eigenvalue weighted by Crippen LogP contribution is -2.25. The molecule has 0 aromatic carbocycles. The monoisotopic (exact) mass is 269 g/mol. The van der Waals surface area contributed by atoms with Gasteiger partial charge in [0.15, 0.2) is 0 Å². The average Bonchev–Trinajstić information content (AvgIpc) is 2.34. The van der Waals surface area contributed by atoms with E-state index in [1.165, 1.54) is 0 Å². The number of carbonyl (C=O) groups is 1. The maximum atomic E-state index is 11.1. The molecule has 1 heterocycles. The highest BCUT2D eigenvalue weighted by molar-refractivity contribution is 5.94. The zero-order valence-electron chi connectivity index (χ0n) is 10.6. The molecule has 0 aliphatic rings. The van der Waals surface area contributed by atoms with E-state index in [0.717, 1.165) is 12.3 Å². The van der Waals surface area contributed by atoms with Crippen LogP contribution in [0.25, 0.3) is 0 Å². The van der Waals surface area contributed by atoms with Crippen LogP contribution in [0.3, 0.4) is 0 Å². The maximum absolute atomic E-state index is 11.1. The lowest BCUT2D eigenvalue weighted by molar-refractivity contribution is -0.385. The molecule has 0 amide bonds. The predicted octanol–water partition coefficient (Wildman–Crippen LogP) is 0.895. The van der Waals surface area contributed by atoms with Crippen molar-refractivity contribution in [1.82, 2.24) is 4.98 Å². The van der Waals surface area contributed by atoms with Crippen LogP contribution in [0.2, 0.25) is 0 Å². The molecule has 0 saturated heterocycles. The minimum Gasteiger partial charge on any atom is -0.478 e. The van der Waals surface area contributed by atoms with Crippen LogP contribution in [-0.2, 0) is 0 Å². The van der Waals surface area contributed by atoms with Gasteiger partial charge in [-0.05, 0) is 13.3 Å². The standard InChI is InChI=1S/C11H15N3O5/c1-7(15)3-4-13(2)10-9(11(16)17)5-8(6-12-10)14(18)19/h5-7,15H,3-4H2,1-2H3,(H,16,17). The van der Waals surface area contributed by atoms with Gasteiger partial charge in [0.05, 0.1) is 11.0 Å². The van der Waals surface area contributed by atoms with Gasteiger partial charge < -0.3 is 15.1 Å². The number of nitrogens with zero attached hydrogens (tertiary/aromatic N) is 3. The second-order valence-electron chi connectivity index (χ2n) is 4.19. The Morgan fingerprint density at radius 1 is 1.63 bits per heavy atom. The fraction of sp³-hybridized carbons (Fsp3) is 0.455. The fourth-order valence-corrected chi connectivity index (χ4v) is 1.49. The Bertz CT molecular complexity index is 489. The number of hydrogen-bond donors (Lipinski definition) is 2. The van der Waals surface area contributed by atoms with E-state index in [-0.39, 0.29) is 17.1 Å². The van der Waals surface area contributed by atoms with E-state index in [1.807, 2.05) is 0 Å². The Kier molecular flexibility index (Phi) is 4.76. The summed E-state index contributed by atoms with van der Waals surface area (Å²) in [5, 5.41) is 28.8. The van der Waals surface area contributed by atoms with Crippen molar-refractivity contribution in [3.63, 3.8) is 0 Å². The molecule has 0 fully saturated rings. The molecule has 0 aliphatic heterocycles. The molecule has 1 aromatic rings. The van der Waals surface area contributed by atoms with Crippen molar-refractivity contribution >= 4 is 17.5 Å². The lowest BCUT2D eigenvalue weighted by Gasteiger charge is -2.20. The summed E-state index contributed by atoms with van der Waals surface area (Å²) in [6, 6.07) is 0.976. The smallest absolute Gasteiger partial charge is 0.339 e. The van der Waals surface area contributed by atoms with E-state index in [1.54, 1.807) is 18.9 Å². The molecule has 1 rings (SSSR count). The van der Waals surface area contributed by atoms with Crippen molar-refractivity contribution in [2.24, 2.45) is 0 Å². The van der Waals surface area contributed by atoms with Crippen molar-refractivity contribution in [3.8, 4) is 0 Å². The van der Waals surface area contributed by atoms with E-state index in [9.17, 15) is 20.0 Å². The summed E-state index contributed by atoms with van der Waals surface area (Å²) < 4.78 is 0. The quantitative estimate of drug-likeness (QED) is 0.581. The number of carboxylic acid groups (broad SMARTS) is 1. The first kappa shape index (κ1) is 14.8. The number of anilines is 1. The number of nitro groups is 1. The van der Waals surface area contributed by atoms with E-state index < -0.39 is 17.0 Å². The molecule has 2 N–H and O–H groups in total. The Balaban J connectivity index is 3.06. The summed E-state index contributed by atoms with van der Waals surface area (Å²) in [5.74, 6) is -1.14. The number of aliphatic hydroxyl groups excluding tert-OH is 1. The molecule has 0 aliphatic carbocycles. The summed E-state index contributed by atoms with van der Waals surface area (Å²) in [5.41, 5.74) is -0.604. The summed E-state index contributed by atoms with van der Waals surface area (Å²) in [7, 11) is 1.61. The number of hydrogen-bond acceptors (Lipinski definition) is 6. The van der Waals surface area contributed by atoms with Gasteiger partial charge in [-0.15, -0.1) is 0 Å². The first-order chi connectivity index (χ1) is 8.82. The number of pyridine rings is 1. The van der Waals surface area contributed by atoms with Gasteiger partial charge in [-0.3, -0.25) is 10.1 Å². The van der Waals surface area contributed by atoms with Gasteiger partial charge in [0.25, 0.3) is 5.69 Å². The van der Waals surface area contributed by atoms with E-state index >= 15 is 0 Å². The van der Waals surface area contributed by atoms with Gasteiger partial charge in [0.1, 0.15) is 17.6 Å². The zero-order valence-corrected chi connectivity index (χ0v) is 10.6. The Morgan fingerprint density at radius 2 is 2.26 bits per heavy atom. The second kappa shape index (κ2) is 6.10. The first-order valence-electron chi connectivity index (χ1n) is 5.60. The predicted molar refractivity (Wildman–Crippen MR) is 67.4 cm³/mol. The molecule has 8 heteroatoms. The Morgan fingerprint density at radius 3 is 2.74 bits per heavy atom. The number of aromatic carboxylic acids is 1. The number of aromatic nitrogens is 1. The Hall–Kier alpha value is -2.22. The average molecular weight is 269 g/mol. The van der Waals surface area contributed by atoms with Crippen LogP contribution in [-0.4, -0.2) is 45.8 Å². The van der Waals surface area contributed by atoms with Crippen LogP contribution in [0.4, 0.5) is 11.5 Å². The molecule has 8 nitrogen and oxygen atoms in total. The van der Waals surface area contributed by atoms with Crippen LogP contribution in [0.1, 0.15) is 23.7 Å². The summed E-state index contributed by atoms with van der Waals surface area (Å²) in [6.07, 6.45) is 0.934. The van der Waals surface area contributed by atoms with Gasteiger partial charge in [0, 0.05) is 19.7 Å². The molecule has 0 radical (unpaired) electrons. The van der Waals surface area contributed by atoms with Crippen LogP contribution < -0.4 is 4.90 Å². The topological polar surface area (TPSA) is 117 Å². The zero-order chi connectivity index (χ0) is 14.6. The third-order valence-corrected chi connectivity index (χ3v) is 2.54. The molecule has 1 unspecified atom stereocenters. The number of carboxylic acids is 1. The third kappa shape index (κ3) is 3.88. The molecule has 0 saturated carbocycles. The van der Waals surface area contributed by atoms with Crippen molar-refractivity contribution in [2.45, 2.75) is 19.4 Å². The van der Waals surface area contributed by atoms with Gasteiger partial charge in [-0.1, -0.05) is 0 Å². The second-order valence-corrected chi connectivity index (χ2v) is 4.19. The molecule has 104 valence electrons. The van der Waals surface area contributed by atoms with Crippen molar-refractivity contribution < 1.29 is 19.9 Å².